The second-order valence-corrected chi connectivity index (χ2v) is 6.42. The fourth-order valence-corrected chi connectivity index (χ4v) is 3.27. The number of aryl methyl sites for hydroxylation is 1. The molecule has 0 amide bonds. The summed E-state index contributed by atoms with van der Waals surface area (Å²) in [5.41, 5.74) is 1.41. The van der Waals surface area contributed by atoms with Crippen LogP contribution in [0.3, 0.4) is 0 Å². The molecular formula is C14H24N2O2S. The van der Waals surface area contributed by atoms with Crippen molar-refractivity contribution in [3.8, 4) is 0 Å². The smallest absolute Gasteiger partial charge is 0.0897 e. The molecular weight excluding hydrogens is 260 g/mol. The molecule has 1 aliphatic rings. The molecule has 1 aromatic rings. The van der Waals surface area contributed by atoms with Crippen LogP contribution in [0.2, 0.25) is 0 Å². The lowest BCUT2D eigenvalue weighted by Crippen LogP contribution is -2.43. The Labute approximate surface area is 119 Å². The van der Waals surface area contributed by atoms with Crippen LogP contribution in [0.4, 0.5) is 0 Å². The summed E-state index contributed by atoms with van der Waals surface area (Å²) in [5, 5.41) is 6.82. The van der Waals surface area contributed by atoms with Crippen LogP contribution in [0.1, 0.15) is 23.5 Å². The molecule has 2 rings (SSSR count). The second kappa shape index (κ2) is 7.33. The molecule has 0 radical (unpaired) electrons. The number of rotatable bonds is 7. The van der Waals surface area contributed by atoms with E-state index in [0.717, 1.165) is 50.8 Å². The zero-order valence-electron chi connectivity index (χ0n) is 11.9. The van der Waals surface area contributed by atoms with Gasteiger partial charge in [0.15, 0.2) is 0 Å². The summed E-state index contributed by atoms with van der Waals surface area (Å²) in [6.07, 6.45) is 3.37. The number of nitrogens with one attached hydrogen (secondary N) is 1. The Balaban J connectivity index is 1.93. The van der Waals surface area contributed by atoms with Gasteiger partial charge < -0.3 is 14.8 Å². The number of ether oxygens (including phenoxy) is 2. The minimum atomic E-state index is 0.201. The molecule has 0 spiro atoms. The van der Waals surface area contributed by atoms with Crippen molar-refractivity contribution in [1.29, 1.82) is 0 Å². The number of thiazole rings is 1. The Morgan fingerprint density at radius 3 is 3.11 bits per heavy atom. The van der Waals surface area contributed by atoms with E-state index in [0.29, 0.717) is 0 Å². The maximum absolute atomic E-state index is 5.73. The first-order valence-corrected chi connectivity index (χ1v) is 7.80. The van der Waals surface area contributed by atoms with Gasteiger partial charge in [-0.15, -0.1) is 11.3 Å². The highest BCUT2D eigenvalue weighted by atomic mass is 32.1. The lowest BCUT2D eigenvalue weighted by atomic mass is 9.78. The van der Waals surface area contributed by atoms with E-state index in [9.17, 15) is 0 Å². The van der Waals surface area contributed by atoms with Crippen LogP contribution in [0.25, 0.3) is 0 Å². The topological polar surface area (TPSA) is 43.4 Å². The van der Waals surface area contributed by atoms with Crippen LogP contribution in [0, 0.1) is 12.3 Å². The number of methoxy groups -OCH3 is 1. The number of hydrogen-bond acceptors (Lipinski definition) is 5. The Morgan fingerprint density at radius 1 is 1.58 bits per heavy atom. The largest absolute Gasteiger partial charge is 0.383 e. The van der Waals surface area contributed by atoms with Crippen LogP contribution in [0.15, 0.2) is 5.38 Å². The highest BCUT2D eigenvalue weighted by Crippen LogP contribution is 2.32. The molecule has 0 aromatic carbocycles. The molecule has 1 saturated heterocycles. The molecule has 1 aliphatic heterocycles. The van der Waals surface area contributed by atoms with E-state index < -0.39 is 0 Å². The van der Waals surface area contributed by atoms with E-state index in [1.165, 1.54) is 12.1 Å². The molecule has 1 fully saturated rings. The molecule has 4 nitrogen and oxygen atoms in total. The zero-order chi connectivity index (χ0) is 13.6. The van der Waals surface area contributed by atoms with Gasteiger partial charge in [-0.1, -0.05) is 0 Å². The summed E-state index contributed by atoms with van der Waals surface area (Å²) in [7, 11) is 1.74. The van der Waals surface area contributed by atoms with Crippen LogP contribution in [-0.4, -0.2) is 45.0 Å². The Morgan fingerprint density at radius 2 is 2.47 bits per heavy atom. The van der Waals surface area contributed by atoms with Gasteiger partial charge >= 0.3 is 0 Å². The van der Waals surface area contributed by atoms with Crippen molar-refractivity contribution in [2.24, 2.45) is 5.41 Å². The minimum Gasteiger partial charge on any atom is -0.383 e. The molecule has 108 valence electrons. The first-order chi connectivity index (χ1) is 9.24. The zero-order valence-corrected chi connectivity index (χ0v) is 12.7. The molecule has 1 atom stereocenters. The van der Waals surface area contributed by atoms with Crippen molar-refractivity contribution in [3.05, 3.63) is 16.1 Å². The van der Waals surface area contributed by atoms with Crippen molar-refractivity contribution in [2.75, 3.05) is 40.0 Å². The van der Waals surface area contributed by atoms with Gasteiger partial charge in [0.05, 0.1) is 23.9 Å². The summed E-state index contributed by atoms with van der Waals surface area (Å²) < 4.78 is 10.8. The molecule has 0 saturated carbocycles. The molecule has 1 N–H and O–H groups in total. The highest BCUT2D eigenvalue weighted by Gasteiger charge is 2.33. The average Bonchev–Trinajstić information content (AvgIpc) is 2.81. The summed E-state index contributed by atoms with van der Waals surface area (Å²) in [6.45, 7) is 6.43. The predicted octanol–water partition coefficient (Wildman–Crippen LogP) is 2.03. The van der Waals surface area contributed by atoms with Crippen LogP contribution >= 0.6 is 11.3 Å². The third kappa shape index (κ3) is 4.53. The third-order valence-corrected chi connectivity index (χ3v) is 4.43. The van der Waals surface area contributed by atoms with E-state index in [4.69, 9.17) is 9.47 Å². The third-order valence-electron chi connectivity index (χ3n) is 3.61. The summed E-state index contributed by atoms with van der Waals surface area (Å²) in [5.74, 6) is 0. The van der Waals surface area contributed by atoms with E-state index >= 15 is 0 Å². The van der Waals surface area contributed by atoms with Crippen molar-refractivity contribution in [2.45, 2.75) is 26.2 Å². The maximum Gasteiger partial charge on any atom is 0.0897 e. The van der Waals surface area contributed by atoms with Gasteiger partial charge in [-0.25, -0.2) is 4.98 Å². The molecule has 0 aliphatic carbocycles. The summed E-state index contributed by atoms with van der Waals surface area (Å²) in [4.78, 5) is 4.60. The monoisotopic (exact) mass is 284 g/mol. The van der Waals surface area contributed by atoms with Gasteiger partial charge in [-0.05, 0) is 26.2 Å². The Hall–Kier alpha value is -0.490. The fraction of sp³-hybridized carbons (Fsp3) is 0.786. The van der Waals surface area contributed by atoms with Crippen molar-refractivity contribution < 1.29 is 9.47 Å². The molecule has 5 heteroatoms. The van der Waals surface area contributed by atoms with Crippen LogP contribution in [-0.2, 0) is 15.9 Å². The van der Waals surface area contributed by atoms with Gasteiger partial charge in [-0.2, -0.15) is 0 Å². The van der Waals surface area contributed by atoms with E-state index in [1.54, 1.807) is 18.4 Å². The van der Waals surface area contributed by atoms with Gasteiger partial charge in [0.25, 0.3) is 0 Å². The molecule has 1 unspecified atom stereocenters. The van der Waals surface area contributed by atoms with Gasteiger partial charge in [0.1, 0.15) is 0 Å². The standard InChI is InChI=1S/C14H24N2O2S/c1-12-16-13(9-19-12)8-14(4-3-6-18-11-14)10-15-5-7-17-2/h9,15H,3-8,10-11H2,1-2H3. The normalized spacial score (nSPS) is 23.7. The molecule has 1 aromatic heterocycles. The number of aromatic nitrogens is 1. The Kier molecular flexibility index (Phi) is 5.76. The SMILES string of the molecule is COCCNCC1(Cc2csc(C)n2)CCCOC1. The lowest BCUT2D eigenvalue weighted by Gasteiger charge is -2.37. The van der Waals surface area contributed by atoms with Crippen molar-refractivity contribution >= 4 is 11.3 Å². The van der Waals surface area contributed by atoms with Crippen molar-refractivity contribution in [3.63, 3.8) is 0 Å². The Bertz CT molecular complexity index is 375. The minimum absolute atomic E-state index is 0.201. The van der Waals surface area contributed by atoms with Crippen LogP contribution < -0.4 is 5.32 Å². The van der Waals surface area contributed by atoms with Gasteiger partial charge in [-0.3, -0.25) is 0 Å². The number of nitrogens with zero attached hydrogens (tertiary/aromatic N) is 1. The summed E-state index contributed by atoms with van der Waals surface area (Å²) >= 11 is 1.73. The predicted molar refractivity (Wildman–Crippen MR) is 77.8 cm³/mol. The molecule has 2 heterocycles. The lowest BCUT2D eigenvalue weighted by molar-refractivity contribution is -0.00812. The second-order valence-electron chi connectivity index (χ2n) is 5.36. The van der Waals surface area contributed by atoms with E-state index in [2.05, 4.69) is 22.6 Å². The molecule has 0 bridgehead atoms. The fourth-order valence-electron chi connectivity index (χ4n) is 2.65. The van der Waals surface area contributed by atoms with Crippen LogP contribution in [0.5, 0.6) is 0 Å². The van der Waals surface area contributed by atoms with E-state index in [1.807, 2.05) is 0 Å². The first-order valence-electron chi connectivity index (χ1n) is 6.92. The summed E-state index contributed by atoms with van der Waals surface area (Å²) in [6, 6.07) is 0. The molecule has 19 heavy (non-hydrogen) atoms. The first kappa shape index (κ1) is 14.9. The number of hydrogen-bond donors (Lipinski definition) is 1. The van der Waals surface area contributed by atoms with E-state index in [-0.39, 0.29) is 5.41 Å². The van der Waals surface area contributed by atoms with Gasteiger partial charge in [0, 0.05) is 37.6 Å². The quantitative estimate of drug-likeness (QED) is 0.778. The average molecular weight is 284 g/mol. The maximum atomic E-state index is 5.73. The van der Waals surface area contributed by atoms with Gasteiger partial charge in [0.2, 0.25) is 0 Å². The highest BCUT2D eigenvalue weighted by molar-refractivity contribution is 7.09. The van der Waals surface area contributed by atoms with Crippen molar-refractivity contribution in [1.82, 2.24) is 10.3 Å².